The summed E-state index contributed by atoms with van der Waals surface area (Å²) in [6.07, 6.45) is 0.413. The van der Waals surface area contributed by atoms with E-state index in [0.717, 1.165) is 22.8 Å². The summed E-state index contributed by atoms with van der Waals surface area (Å²) in [5.74, 6) is -4.53. The van der Waals surface area contributed by atoms with Gasteiger partial charge in [0.15, 0.2) is 0 Å². The van der Waals surface area contributed by atoms with Crippen molar-refractivity contribution in [3.05, 3.63) is 125 Å². The summed E-state index contributed by atoms with van der Waals surface area (Å²) in [6.45, 7) is 4.04. The summed E-state index contributed by atoms with van der Waals surface area (Å²) in [6, 6.07) is 28.2. The smallest absolute Gasteiger partial charge is 0.275 e. The molecule has 1 fully saturated rings. The summed E-state index contributed by atoms with van der Waals surface area (Å²) >= 11 is 0. The van der Waals surface area contributed by atoms with E-state index >= 15 is 8.78 Å². The molecule has 0 spiro atoms. The average Bonchev–Trinajstić information content (AvgIpc) is 3.18. The van der Waals surface area contributed by atoms with Crippen LogP contribution in [0.1, 0.15) is 38.3 Å². The Morgan fingerprint density at radius 2 is 1.40 bits per heavy atom. The number of nitrogens with one attached hydrogen (secondary N) is 1. The van der Waals surface area contributed by atoms with E-state index in [1.807, 2.05) is 50.4 Å². The van der Waals surface area contributed by atoms with Gasteiger partial charge >= 0.3 is 0 Å². The Balaban J connectivity index is 1.22. The van der Waals surface area contributed by atoms with Gasteiger partial charge < -0.3 is 20.0 Å². The molecule has 2 heterocycles. The molecule has 4 aromatic rings. The third-order valence-corrected chi connectivity index (χ3v) is 8.78. The van der Waals surface area contributed by atoms with E-state index in [1.54, 1.807) is 59.5 Å². The number of hydrogen-bond donors (Lipinski definition) is 1. The standard InChI is InChI=1S/C38H36F2N4O3/c1-26-11-13-27(14-12-26)30-7-3-4-8-31(30)36(46)41-29-17-15-28(16-18-29)37(47)44-20-19-38(39,40)33(32-9-5-6-10-34(32)44)25-35(45)43-23-21-42(2)22-24-43/h3-18,25H,19-24H2,1-2H3,(H,41,46). The van der Waals surface area contributed by atoms with E-state index in [-0.39, 0.29) is 29.2 Å². The van der Waals surface area contributed by atoms with Crippen LogP contribution in [0.3, 0.4) is 0 Å². The first-order chi connectivity index (χ1) is 22.6. The highest BCUT2D eigenvalue weighted by Crippen LogP contribution is 2.43. The van der Waals surface area contributed by atoms with Crippen LogP contribution in [0.5, 0.6) is 0 Å². The third-order valence-electron chi connectivity index (χ3n) is 8.78. The number of hydrogen-bond acceptors (Lipinski definition) is 4. The topological polar surface area (TPSA) is 73.0 Å². The van der Waals surface area contributed by atoms with Gasteiger partial charge in [0.25, 0.3) is 17.7 Å². The fourth-order valence-corrected chi connectivity index (χ4v) is 5.99. The monoisotopic (exact) mass is 634 g/mol. The van der Waals surface area contributed by atoms with Crippen molar-refractivity contribution >= 4 is 34.7 Å². The number of para-hydroxylation sites is 1. The Bertz CT molecular complexity index is 1830. The SMILES string of the molecule is Cc1ccc(-c2ccccc2C(=O)Nc2ccc(C(=O)N3CCC(F)(F)C(=CC(=O)N4CCN(C)CC4)c4ccccc43)cc2)cc1. The van der Waals surface area contributed by atoms with E-state index < -0.39 is 24.2 Å². The van der Waals surface area contributed by atoms with Crippen molar-refractivity contribution in [3.8, 4) is 11.1 Å². The molecule has 0 unspecified atom stereocenters. The second-order valence-corrected chi connectivity index (χ2v) is 12.1. The number of aryl methyl sites for hydroxylation is 1. The number of benzene rings is 4. The Kier molecular flexibility index (Phi) is 9.00. The molecule has 0 aromatic heterocycles. The number of carbonyl (C=O) groups is 3. The van der Waals surface area contributed by atoms with E-state index in [2.05, 4.69) is 10.2 Å². The molecule has 240 valence electrons. The quantitative estimate of drug-likeness (QED) is 0.247. The summed E-state index contributed by atoms with van der Waals surface area (Å²) in [5, 5.41) is 2.91. The first-order valence-electron chi connectivity index (χ1n) is 15.7. The van der Waals surface area contributed by atoms with Crippen molar-refractivity contribution in [1.29, 1.82) is 0 Å². The number of alkyl halides is 2. The van der Waals surface area contributed by atoms with Gasteiger partial charge in [-0.2, -0.15) is 0 Å². The molecule has 0 bridgehead atoms. The molecule has 3 amide bonds. The summed E-state index contributed by atoms with van der Waals surface area (Å²) in [5.41, 5.74) is 4.21. The molecule has 0 aliphatic carbocycles. The first-order valence-corrected chi connectivity index (χ1v) is 15.7. The minimum Gasteiger partial charge on any atom is -0.337 e. The number of rotatable bonds is 5. The number of likely N-dealkylation sites (N-methyl/N-ethyl adjacent to an activating group) is 1. The fraction of sp³-hybridized carbons (Fsp3) is 0.237. The normalized spacial score (nSPS) is 17.1. The van der Waals surface area contributed by atoms with Crippen molar-refractivity contribution in [1.82, 2.24) is 9.80 Å². The second kappa shape index (κ2) is 13.3. The maximum absolute atomic E-state index is 15.7. The van der Waals surface area contributed by atoms with E-state index in [4.69, 9.17) is 0 Å². The molecule has 9 heteroatoms. The van der Waals surface area contributed by atoms with Crippen LogP contribution in [0.15, 0.2) is 103 Å². The second-order valence-electron chi connectivity index (χ2n) is 12.1. The lowest BCUT2D eigenvalue weighted by molar-refractivity contribution is -0.127. The number of carbonyl (C=O) groups excluding carboxylic acids is 3. The van der Waals surface area contributed by atoms with Gasteiger partial charge in [-0.25, -0.2) is 8.78 Å². The van der Waals surface area contributed by atoms with Gasteiger partial charge in [0.2, 0.25) is 5.91 Å². The van der Waals surface area contributed by atoms with Crippen molar-refractivity contribution in [2.24, 2.45) is 0 Å². The van der Waals surface area contributed by atoms with Crippen LogP contribution >= 0.6 is 0 Å². The van der Waals surface area contributed by atoms with Gasteiger partial charge in [-0.1, -0.05) is 66.2 Å². The number of nitrogens with zero attached hydrogens (tertiary/aromatic N) is 3. The minimum absolute atomic E-state index is 0.155. The lowest BCUT2D eigenvalue weighted by Crippen LogP contribution is -2.46. The fourth-order valence-electron chi connectivity index (χ4n) is 5.99. The molecule has 2 aliphatic heterocycles. The zero-order valence-electron chi connectivity index (χ0n) is 26.4. The third kappa shape index (κ3) is 6.85. The predicted octanol–water partition coefficient (Wildman–Crippen LogP) is 6.76. The molecule has 0 saturated carbocycles. The van der Waals surface area contributed by atoms with Crippen molar-refractivity contribution in [3.63, 3.8) is 0 Å². The van der Waals surface area contributed by atoms with Crippen LogP contribution in [0.25, 0.3) is 16.7 Å². The molecular formula is C38H36F2N4O3. The Morgan fingerprint density at radius 1 is 0.766 bits per heavy atom. The lowest BCUT2D eigenvalue weighted by atomic mass is 9.96. The van der Waals surface area contributed by atoms with Gasteiger partial charge in [0.05, 0.1) is 5.69 Å². The average molecular weight is 635 g/mol. The predicted molar refractivity (Wildman–Crippen MR) is 181 cm³/mol. The lowest BCUT2D eigenvalue weighted by Gasteiger charge is -2.32. The summed E-state index contributed by atoms with van der Waals surface area (Å²) < 4.78 is 31.4. The Labute approximate surface area is 273 Å². The number of halogens is 2. The van der Waals surface area contributed by atoms with Crippen LogP contribution in [-0.4, -0.2) is 73.2 Å². The maximum Gasteiger partial charge on any atom is 0.275 e. The summed E-state index contributed by atoms with van der Waals surface area (Å²) in [4.78, 5) is 45.2. The maximum atomic E-state index is 15.7. The molecule has 7 nitrogen and oxygen atoms in total. The van der Waals surface area contributed by atoms with Crippen LogP contribution in [0, 0.1) is 6.92 Å². The van der Waals surface area contributed by atoms with Crippen LogP contribution < -0.4 is 10.2 Å². The van der Waals surface area contributed by atoms with Crippen LogP contribution in [-0.2, 0) is 4.79 Å². The molecular weight excluding hydrogens is 598 g/mol. The number of fused-ring (bicyclic) bond motifs is 1. The molecule has 2 aliphatic rings. The molecule has 0 radical (unpaired) electrons. The zero-order chi connectivity index (χ0) is 33.1. The largest absolute Gasteiger partial charge is 0.337 e. The van der Waals surface area contributed by atoms with Crippen LogP contribution in [0.4, 0.5) is 20.2 Å². The highest BCUT2D eigenvalue weighted by Gasteiger charge is 2.41. The molecule has 47 heavy (non-hydrogen) atoms. The molecule has 1 N–H and O–H groups in total. The van der Waals surface area contributed by atoms with Gasteiger partial charge in [0, 0.05) is 73.2 Å². The number of piperazine rings is 1. The van der Waals surface area contributed by atoms with E-state index in [9.17, 15) is 14.4 Å². The van der Waals surface area contributed by atoms with Crippen molar-refractivity contribution in [2.45, 2.75) is 19.3 Å². The van der Waals surface area contributed by atoms with E-state index in [1.165, 1.54) is 11.0 Å². The van der Waals surface area contributed by atoms with Crippen LogP contribution in [0.2, 0.25) is 0 Å². The number of allylic oxidation sites excluding steroid dienone is 1. The highest BCUT2D eigenvalue weighted by atomic mass is 19.3. The first kappa shape index (κ1) is 31.8. The highest BCUT2D eigenvalue weighted by molar-refractivity contribution is 6.11. The Hall–Kier alpha value is -5.15. The van der Waals surface area contributed by atoms with Gasteiger partial charge in [-0.15, -0.1) is 0 Å². The molecule has 4 aromatic carbocycles. The van der Waals surface area contributed by atoms with Crippen molar-refractivity contribution in [2.75, 3.05) is 50.0 Å². The number of anilines is 2. The molecule has 6 rings (SSSR count). The minimum atomic E-state index is -3.32. The van der Waals surface area contributed by atoms with E-state index in [0.29, 0.717) is 43.1 Å². The summed E-state index contributed by atoms with van der Waals surface area (Å²) in [7, 11) is 1.96. The molecule has 0 atom stereocenters. The van der Waals surface area contributed by atoms with Gasteiger partial charge in [-0.3, -0.25) is 14.4 Å². The van der Waals surface area contributed by atoms with Crippen molar-refractivity contribution < 1.29 is 23.2 Å². The van der Waals surface area contributed by atoms with Gasteiger partial charge in [-0.05, 0) is 61.5 Å². The molecule has 1 saturated heterocycles. The number of amides is 3. The Morgan fingerprint density at radius 3 is 2.11 bits per heavy atom. The zero-order valence-corrected chi connectivity index (χ0v) is 26.4. The van der Waals surface area contributed by atoms with Gasteiger partial charge in [0.1, 0.15) is 0 Å².